The van der Waals surface area contributed by atoms with Crippen LogP contribution < -0.4 is 0 Å². The van der Waals surface area contributed by atoms with E-state index in [0.717, 1.165) is 45.3 Å². The number of ether oxygens (including phenoxy) is 1. The summed E-state index contributed by atoms with van der Waals surface area (Å²) < 4.78 is 5.32. The Labute approximate surface area is 105 Å². The van der Waals surface area contributed by atoms with Crippen molar-refractivity contribution in [2.45, 2.75) is 52.9 Å². The van der Waals surface area contributed by atoms with Gasteiger partial charge in [-0.25, -0.2) is 0 Å². The van der Waals surface area contributed by atoms with Crippen molar-refractivity contribution in [1.82, 2.24) is 0 Å². The van der Waals surface area contributed by atoms with Gasteiger partial charge in [-0.3, -0.25) is 4.79 Å². The predicted octanol–water partition coefficient (Wildman–Crippen LogP) is 3.33. The van der Waals surface area contributed by atoms with Gasteiger partial charge in [0.05, 0.1) is 5.92 Å². The lowest BCUT2D eigenvalue weighted by Crippen LogP contribution is -2.34. The van der Waals surface area contributed by atoms with E-state index in [-0.39, 0.29) is 5.92 Å². The van der Waals surface area contributed by atoms with Crippen LogP contribution in [0.4, 0.5) is 0 Å². The lowest BCUT2D eigenvalue weighted by atomic mass is 9.66. The predicted molar refractivity (Wildman–Crippen MR) is 68.0 cm³/mol. The molecule has 1 rings (SSSR count). The summed E-state index contributed by atoms with van der Waals surface area (Å²) >= 11 is 0. The molecule has 2 atom stereocenters. The third kappa shape index (κ3) is 4.66. The molecule has 1 fully saturated rings. The smallest absolute Gasteiger partial charge is 0.306 e. The van der Waals surface area contributed by atoms with Crippen LogP contribution in [0.5, 0.6) is 0 Å². The summed E-state index contributed by atoms with van der Waals surface area (Å²) in [5.41, 5.74) is 0.308. The van der Waals surface area contributed by atoms with Gasteiger partial charge in [-0.05, 0) is 50.4 Å². The monoisotopic (exact) mass is 242 g/mol. The Hall–Kier alpha value is -0.570. The molecule has 17 heavy (non-hydrogen) atoms. The van der Waals surface area contributed by atoms with Crippen LogP contribution in [0.2, 0.25) is 0 Å². The molecule has 2 unspecified atom stereocenters. The molecule has 0 spiro atoms. The standard InChI is InChI=1S/C14H26O3/c1-4-17-9-5-6-11-10-14(2,3)8-7-12(11)13(15)16/h11-12H,4-10H2,1-3H3,(H,15,16). The van der Waals surface area contributed by atoms with Crippen molar-refractivity contribution in [2.24, 2.45) is 17.3 Å². The maximum atomic E-state index is 11.2. The van der Waals surface area contributed by atoms with Gasteiger partial charge in [-0.2, -0.15) is 0 Å². The molecule has 0 aromatic carbocycles. The van der Waals surface area contributed by atoms with Crippen LogP contribution in [0.3, 0.4) is 0 Å². The van der Waals surface area contributed by atoms with Crippen LogP contribution in [0.25, 0.3) is 0 Å². The SMILES string of the molecule is CCOCCCC1CC(C)(C)CCC1C(=O)O. The third-order valence-corrected chi connectivity index (χ3v) is 3.90. The first-order valence-corrected chi connectivity index (χ1v) is 6.77. The molecule has 1 aliphatic carbocycles. The first-order chi connectivity index (χ1) is 7.96. The summed E-state index contributed by atoms with van der Waals surface area (Å²) in [6, 6.07) is 0. The topological polar surface area (TPSA) is 46.5 Å². The Morgan fingerprint density at radius 2 is 2.18 bits per heavy atom. The minimum atomic E-state index is -0.609. The van der Waals surface area contributed by atoms with E-state index in [0.29, 0.717) is 11.3 Å². The number of rotatable bonds is 6. The van der Waals surface area contributed by atoms with Crippen molar-refractivity contribution in [2.75, 3.05) is 13.2 Å². The van der Waals surface area contributed by atoms with Crippen molar-refractivity contribution in [3.05, 3.63) is 0 Å². The van der Waals surface area contributed by atoms with E-state index in [4.69, 9.17) is 4.74 Å². The van der Waals surface area contributed by atoms with Crippen molar-refractivity contribution < 1.29 is 14.6 Å². The Morgan fingerprint density at radius 3 is 2.76 bits per heavy atom. The van der Waals surface area contributed by atoms with Crippen LogP contribution in [0, 0.1) is 17.3 Å². The Kier molecular flexibility index (Phi) is 5.44. The second kappa shape index (κ2) is 6.39. The molecule has 1 saturated carbocycles. The molecule has 0 saturated heterocycles. The Balaban J connectivity index is 2.46. The minimum absolute atomic E-state index is 0.135. The number of carboxylic acids is 1. The van der Waals surface area contributed by atoms with Crippen LogP contribution in [-0.2, 0) is 9.53 Å². The van der Waals surface area contributed by atoms with E-state index in [9.17, 15) is 9.90 Å². The number of carboxylic acid groups (broad SMARTS) is 1. The third-order valence-electron chi connectivity index (χ3n) is 3.90. The minimum Gasteiger partial charge on any atom is -0.481 e. The van der Waals surface area contributed by atoms with Crippen molar-refractivity contribution >= 4 is 5.97 Å². The van der Waals surface area contributed by atoms with E-state index in [1.807, 2.05) is 6.92 Å². The quantitative estimate of drug-likeness (QED) is 0.727. The molecule has 3 nitrogen and oxygen atoms in total. The maximum Gasteiger partial charge on any atom is 0.306 e. The lowest BCUT2D eigenvalue weighted by Gasteiger charge is -2.39. The van der Waals surface area contributed by atoms with Gasteiger partial charge in [0.25, 0.3) is 0 Å². The van der Waals surface area contributed by atoms with Crippen LogP contribution in [-0.4, -0.2) is 24.3 Å². The first-order valence-electron chi connectivity index (χ1n) is 6.77. The second-order valence-electron chi connectivity index (χ2n) is 5.95. The van der Waals surface area contributed by atoms with E-state index in [2.05, 4.69) is 13.8 Å². The molecule has 100 valence electrons. The van der Waals surface area contributed by atoms with Crippen LogP contribution in [0.1, 0.15) is 52.9 Å². The van der Waals surface area contributed by atoms with Gasteiger partial charge in [0.2, 0.25) is 0 Å². The average molecular weight is 242 g/mol. The zero-order valence-corrected chi connectivity index (χ0v) is 11.4. The van der Waals surface area contributed by atoms with Crippen LogP contribution in [0.15, 0.2) is 0 Å². The highest BCUT2D eigenvalue weighted by molar-refractivity contribution is 5.70. The fraction of sp³-hybridized carbons (Fsp3) is 0.929. The molecule has 1 aliphatic rings. The van der Waals surface area contributed by atoms with Gasteiger partial charge >= 0.3 is 5.97 Å². The normalized spacial score (nSPS) is 27.9. The van der Waals surface area contributed by atoms with E-state index in [1.165, 1.54) is 0 Å². The van der Waals surface area contributed by atoms with Crippen LogP contribution >= 0.6 is 0 Å². The van der Waals surface area contributed by atoms with E-state index in [1.54, 1.807) is 0 Å². The molecule has 1 N–H and O–H groups in total. The maximum absolute atomic E-state index is 11.2. The fourth-order valence-corrected chi connectivity index (χ4v) is 2.96. The number of aliphatic carboxylic acids is 1. The highest BCUT2D eigenvalue weighted by Crippen LogP contribution is 2.43. The summed E-state index contributed by atoms with van der Waals surface area (Å²) in [5.74, 6) is -0.414. The lowest BCUT2D eigenvalue weighted by molar-refractivity contribution is -0.146. The van der Waals surface area contributed by atoms with E-state index >= 15 is 0 Å². The molecule has 0 radical (unpaired) electrons. The highest BCUT2D eigenvalue weighted by Gasteiger charge is 2.37. The van der Waals surface area contributed by atoms with E-state index < -0.39 is 5.97 Å². The summed E-state index contributed by atoms with van der Waals surface area (Å²) in [4.78, 5) is 11.2. The van der Waals surface area contributed by atoms with Gasteiger partial charge in [0.1, 0.15) is 0 Å². The zero-order chi connectivity index (χ0) is 12.9. The summed E-state index contributed by atoms with van der Waals surface area (Å²) in [6.45, 7) is 8.00. The summed E-state index contributed by atoms with van der Waals surface area (Å²) in [7, 11) is 0. The zero-order valence-electron chi connectivity index (χ0n) is 11.4. The number of hydrogen-bond acceptors (Lipinski definition) is 2. The number of carbonyl (C=O) groups is 1. The fourth-order valence-electron chi connectivity index (χ4n) is 2.96. The van der Waals surface area contributed by atoms with Gasteiger partial charge in [0.15, 0.2) is 0 Å². The van der Waals surface area contributed by atoms with Gasteiger partial charge in [-0.1, -0.05) is 13.8 Å². The first kappa shape index (κ1) is 14.5. The Bertz CT molecular complexity index is 248. The molecule has 3 heteroatoms. The molecule has 0 amide bonds. The number of hydrogen-bond donors (Lipinski definition) is 1. The second-order valence-corrected chi connectivity index (χ2v) is 5.95. The molecule has 0 aliphatic heterocycles. The Morgan fingerprint density at radius 1 is 1.47 bits per heavy atom. The molecule has 0 heterocycles. The van der Waals surface area contributed by atoms with Crippen molar-refractivity contribution in [3.8, 4) is 0 Å². The average Bonchev–Trinajstić information content (AvgIpc) is 2.23. The summed E-state index contributed by atoms with van der Waals surface area (Å²) in [5, 5.41) is 9.25. The molecule has 0 bridgehead atoms. The van der Waals surface area contributed by atoms with Gasteiger partial charge in [-0.15, -0.1) is 0 Å². The van der Waals surface area contributed by atoms with Gasteiger partial charge in [0, 0.05) is 13.2 Å². The summed E-state index contributed by atoms with van der Waals surface area (Å²) in [6.07, 6.45) is 4.88. The highest BCUT2D eigenvalue weighted by atomic mass is 16.5. The van der Waals surface area contributed by atoms with Gasteiger partial charge < -0.3 is 9.84 Å². The largest absolute Gasteiger partial charge is 0.481 e. The molecular formula is C14H26O3. The molecular weight excluding hydrogens is 216 g/mol. The van der Waals surface area contributed by atoms with Crippen molar-refractivity contribution in [3.63, 3.8) is 0 Å². The molecule has 0 aromatic heterocycles. The van der Waals surface area contributed by atoms with Crippen molar-refractivity contribution in [1.29, 1.82) is 0 Å². The molecule has 0 aromatic rings.